The molecule has 1 amide bonds. The van der Waals surface area contributed by atoms with Gasteiger partial charge in [0.15, 0.2) is 6.61 Å². The third-order valence-electron chi connectivity index (χ3n) is 2.83. The van der Waals surface area contributed by atoms with Crippen molar-refractivity contribution in [1.29, 1.82) is 0 Å². The molecule has 1 N–H and O–H groups in total. The number of terminal acetylenes is 1. The number of hydrogen-bond acceptors (Lipinski definition) is 2. The Bertz CT molecular complexity index is 460. The van der Waals surface area contributed by atoms with Gasteiger partial charge in [0.05, 0.1) is 6.54 Å². The van der Waals surface area contributed by atoms with Gasteiger partial charge in [-0.05, 0) is 42.5 Å². The van der Waals surface area contributed by atoms with E-state index >= 15 is 0 Å². The Labute approximate surface area is 101 Å². The molecule has 17 heavy (non-hydrogen) atoms. The summed E-state index contributed by atoms with van der Waals surface area (Å²) < 4.78 is 5.41. The highest BCUT2D eigenvalue weighted by molar-refractivity contribution is 5.77. The lowest BCUT2D eigenvalue weighted by atomic mass is 10.1. The number of amides is 1. The predicted octanol–water partition coefficient (Wildman–Crippen LogP) is 1.30. The van der Waals surface area contributed by atoms with Gasteiger partial charge in [-0.25, -0.2) is 0 Å². The number of carbonyl (C=O) groups is 1. The highest BCUT2D eigenvalue weighted by Crippen LogP contribution is 2.25. The van der Waals surface area contributed by atoms with E-state index in [-0.39, 0.29) is 19.1 Å². The van der Waals surface area contributed by atoms with E-state index in [0.29, 0.717) is 0 Å². The molecule has 0 unspecified atom stereocenters. The first-order valence-electron chi connectivity index (χ1n) is 5.74. The normalized spacial score (nSPS) is 12.6. The van der Waals surface area contributed by atoms with Gasteiger partial charge >= 0.3 is 0 Å². The lowest BCUT2D eigenvalue weighted by Gasteiger charge is -2.07. The molecule has 0 saturated carbocycles. The Morgan fingerprint density at radius 2 is 2.24 bits per heavy atom. The summed E-state index contributed by atoms with van der Waals surface area (Å²) in [6.45, 7) is 0.257. The number of fused-ring (bicyclic) bond motifs is 1. The van der Waals surface area contributed by atoms with E-state index in [9.17, 15) is 4.79 Å². The summed E-state index contributed by atoms with van der Waals surface area (Å²) in [5.74, 6) is 2.90. The van der Waals surface area contributed by atoms with Crippen LogP contribution in [0.1, 0.15) is 17.5 Å². The Morgan fingerprint density at radius 3 is 3.06 bits per heavy atom. The zero-order valence-corrected chi connectivity index (χ0v) is 9.66. The van der Waals surface area contributed by atoms with E-state index in [1.807, 2.05) is 12.1 Å². The lowest BCUT2D eigenvalue weighted by Crippen LogP contribution is -2.29. The minimum Gasteiger partial charge on any atom is -0.484 e. The fourth-order valence-electron chi connectivity index (χ4n) is 1.99. The van der Waals surface area contributed by atoms with Gasteiger partial charge < -0.3 is 10.1 Å². The van der Waals surface area contributed by atoms with E-state index in [1.54, 1.807) is 0 Å². The Morgan fingerprint density at radius 1 is 1.41 bits per heavy atom. The summed E-state index contributed by atoms with van der Waals surface area (Å²) in [7, 11) is 0. The lowest BCUT2D eigenvalue weighted by molar-refractivity contribution is -0.122. The standard InChI is InChI=1S/C14H15NO2/c1-2-8-15-14(16)10-17-13-7-6-11-4-3-5-12(11)9-13/h1,6-7,9H,3-5,8,10H2,(H,15,16). The smallest absolute Gasteiger partial charge is 0.258 e. The van der Waals surface area contributed by atoms with Crippen molar-refractivity contribution in [3.8, 4) is 18.1 Å². The summed E-state index contributed by atoms with van der Waals surface area (Å²) >= 11 is 0. The number of rotatable bonds is 4. The number of benzene rings is 1. The van der Waals surface area contributed by atoms with Crippen molar-refractivity contribution in [3.63, 3.8) is 0 Å². The molecule has 1 aromatic carbocycles. The molecule has 0 radical (unpaired) electrons. The van der Waals surface area contributed by atoms with Gasteiger partial charge in [-0.2, -0.15) is 0 Å². The summed E-state index contributed by atoms with van der Waals surface area (Å²) in [5.41, 5.74) is 2.74. The number of aryl methyl sites for hydroxylation is 2. The molecular formula is C14H15NO2. The largest absolute Gasteiger partial charge is 0.484 e. The number of ether oxygens (including phenoxy) is 1. The molecule has 3 heteroatoms. The summed E-state index contributed by atoms with van der Waals surface area (Å²) in [6.07, 6.45) is 8.51. The molecule has 2 rings (SSSR count). The quantitative estimate of drug-likeness (QED) is 0.790. The number of hydrogen-bond donors (Lipinski definition) is 1. The van der Waals surface area contributed by atoms with Gasteiger partial charge in [0.1, 0.15) is 5.75 Å². The fraction of sp³-hybridized carbons (Fsp3) is 0.357. The first-order valence-corrected chi connectivity index (χ1v) is 5.74. The summed E-state index contributed by atoms with van der Waals surface area (Å²) in [4.78, 5) is 11.3. The van der Waals surface area contributed by atoms with Crippen molar-refractivity contribution in [2.24, 2.45) is 0 Å². The minimum absolute atomic E-state index is 0.0144. The van der Waals surface area contributed by atoms with Crippen LogP contribution in [0.3, 0.4) is 0 Å². The SMILES string of the molecule is C#CCNC(=O)COc1ccc2c(c1)CCC2. The average Bonchev–Trinajstić information content (AvgIpc) is 2.81. The first-order chi connectivity index (χ1) is 8.29. The summed E-state index contributed by atoms with van der Waals surface area (Å²) in [6, 6.07) is 6.02. The Kier molecular flexibility index (Phi) is 3.66. The average molecular weight is 229 g/mol. The van der Waals surface area contributed by atoms with Gasteiger partial charge in [-0.3, -0.25) is 4.79 Å². The molecule has 1 aliphatic rings. The van der Waals surface area contributed by atoms with Gasteiger partial charge in [0, 0.05) is 0 Å². The van der Waals surface area contributed by atoms with Crippen LogP contribution in [0.5, 0.6) is 5.75 Å². The van der Waals surface area contributed by atoms with E-state index in [0.717, 1.165) is 18.6 Å². The van der Waals surface area contributed by atoms with Crippen LogP contribution in [0.2, 0.25) is 0 Å². The van der Waals surface area contributed by atoms with Crippen LogP contribution in [0.25, 0.3) is 0 Å². The number of carbonyl (C=O) groups excluding carboxylic acids is 1. The second kappa shape index (κ2) is 5.40. The third-order valence-corrected chi connectivity index (χ3v) is 2.83. The van der Waals surface area contributed by atoms with Crippen LogP contribution in [0.4, 0.5) is 0 Å². The molecule has 3 nitrogen and oxygen atoms in total. The maximum Gasteiger partial charge on any atom is 0.258 e. The second-order valence-electron chi connectivity index (χ2n) is 4.05. The third kappa shape index (κ3) is 3.01. The van der Waals surface area contributed by atoms with E-state index in [4.69, 9.17) is 11.2 Å². The van der Waals surface area contributed by atoms with Crippen molar-refractivity contribution in [1.82, 2.24) is 5.32 Å². The molecule has 88 valence electrons. The molecule has 0 heterocycles. The zero-order valence-electron chi connectivity index (χ0n) is 9.66. The highest BCUT2D eigenvalue weighted by Gasteiger charge is 2.11. The van der Waals surface area contributed by atoms with Crippen LogP contribution >= 0.6 is 0 Å². The van der Waals surface area contributed by atoms with E-state index in [1.165, 1.54) is 17.5 Å². The topological polar surface area (TPSA) is 38.3 Å². The second-order valence-corrected chi connectivity index (χ2v) is 4.05. The molecular weight excluding hydrogens is 214 g/mol. The summed E-state index contributed by atoms with van der Waals surface area (Å²) in [5, 5.41) is 2.55. The molecule has 0 spiro atoms. The molecule has 1 aromatic rings. The van der Waals surface area contributed by atoms with Crippen LogP contribution in [0, 0.1) is 12.3 Å². The van der Waals surface area contributed by atoms with Crippen LogP contribution < -0.4 is 10.1 Å². The van der Waals surface area contributed by atoms with Gasteiger partial charge in [-0.15, -0.1) is 6.42 Å². The zero-order chi connectivity index (χ0) is 12.1. The monoisotopic (exact) mass is 229 g/mol. The van der Waals surface area contributed by atoms with Crippen molar-refractivity contribution < 1.29 is 9.53 Å². The molecule has 0 aliphatic heterocycles. The van der Waals surface area contributed by atoms with E-state index in [2.05, 4.69) is 17.3 Å². The van der Waals surface area contributed by atoms with Crippen molar-refractivity contribution in [3.05, 3.63) is 29.3 Å². The Hall–Kier alpha value is -1.95. The first kappa shape index (κ1) is 11.5. The minimum atomic E-state index is -0.191. The van der Waals surface area contributed by atoms with E-state index < -0.39 is 0 Å². The van der Waals surface area contributed by atoms with Crippen LogP contribution in [0.15, 0.2) is 18.2 Å². The number of nitrogens with one attached hydrogen (secondary N) is 1. The maximum absolute atomic E-state index is 11.3. The Balaban J connectivity index is 1.87. The molecule has 0 fully saturated rings. The molecule has 0 saturated heterocycles. The molecule has 1 aliphatic carbocycles. The maximum atomic E-state index is 11.3. The van der Waals surface area contributed by atoms with Gasteiger partial charge in [-0.1, -0.05) is 12.0 Å². The van der Waals surface area contributed by atoms with Crippen molar-refractivity contribution >= 4 is 5.91 Å². The van der Waals surface area contributed by atoms with Crippen molar-refractivity contribution in [2.45, 2.75) is 19.3 Å². The van der Waals surface area contributed by atoms with Crippen molar-refractivity contribution in [2.75, 3.05) is 13.2 Å². The molecule has 0 bridgehead atoms. The van der Waals surface area contributed by atoms with Gasteiger partial charge in [0.2, 0.25) is 0 Å². The predicted molar refractivity (Wildman–Crippen MR) is 65.8 cm³/mol. The fourth-order valence-corrected chi connectivity index (χ4v) is 1.99. The molecule has 0 atom stereocenters. The highest BCUT2D eigenvalue weighted by atomic mass is 16.5. The van der Waals surface area contributed by atoms with Gasteiger partial charge in [0.25, 0.3) is 5.91 Å². The van der Waals surface area contributed by atoms with Crippen LogP contribution in [-0.4, -0.2) is 19.1 Å². The van der Waals surface area contributed by atoms with Crippen LogP contribution in [-0.2, 0) is 17.6 Å². The molecule has 0 aromatic heterocycles.